The molecule has 0 aromatic heterocycles. The average Bonchev–Trinajstić information content (AvgIpc) is 3.00. The lowest BCUT2D eigenvalue weighted by Crippen LogP contribution is -2.30. The Kier molecular flexibility index (Phi) is 4.25. The van der Waals surface area contributed by atoms with E-state index in [4.69, 9.17) is 5.73 Å². The van der Waals surface area contributed by atoms with Gasteiger partial charge in [-0.2, -0.15) is 0 Å². The maximum absolute atomic E-state index is 12.6. The van der Waals surface area contributed by atoms with Gasteiger partial charge in [0.25, 0.3) is 0 Å². The first-order valence-electron chi connectivity index (χ1n) is 4.87. The summed E-state index contributed by atoms with van der Waals surface area (Å²) in [6.45, 7) is 0. The van der Waals surface area contributed by atoms with Crippen LogP contribution in [0.2, 0.25) is 0 Å². The highest BCUT2D eigenvalue weighted by atomic mass is 79.9. The molecule has 0 saturated heterocycles. The van der Waals surface area contributed by atoms with Gasteiger partial charge < -0.3 is 10.8 Å². The summed E-state index contributed by atoms with van der Waals surface area (Å²) >= 11 is 0. The molecule has 2 atom stereocenters. The molecule has 84 valence electrons. The van der Waals surface area contributed by atoms with Gasteiger partial charge in [-0.3, -0.25) is 0 Å². The topological polar surface area (TPSA) is 46.2 Å². The zero-order chi connectivity index (χ0) is 10.1. The maximum Gasteiger partial charge on any atom is 0.123 e. The van der Waals surface area contributed by atoms with Gasteiger partial charge in [-0.15, -0.1) is 17.0 Å². The molecule has 1 aromatic carbocycles. The predicted molar refractivity (Wildman–Crippen MR) is 62.4 cm³/mol. The normalized spacial score (nSPS) is 19.1. The van der Waals surface area contributed by atoms with Crippen molar-refractivity contribution in [3.63, 3.8) is 0 Å². The van der Waals surface area contributed by atoms with E-state index in [0.29, 0.717) is 11.5 Å². The third-order valence-electron chi connectivity index (χ3n) is 2.74. The minimum atomic E-state index is -0.664. The summed E-state index contributed by atoms with van der Waals surface area (Å²) < 4.78 is 12.6. The van der Waals surface area contributed by atoms with Crippen molar-refractivity contribution in [3.05, 3.63) is 35.6 Å². The Hall–Kier alpha value is -0.450. The fraction of sp³-hybridized carbons (Fsp3) is 0.455. The zero-order valence-corrected chi connectivity index (χ0v) is 9.98. The van der Waals surface area contributed by atoms with Gasteiger partial charge in [0, 0.05) is 6.04 Å². The van der Waals surface area contributed by atoms with Gasteiger partial charge >= 0.3 is 0 Å². The molecule has 1 saturated carbocycles. The van der Waals surface area contributed by atoms with Crippen molar-refractivity contribution in [1.82, 2.24) is 0 Å². The van der Waals surface area contributed by atoms with Crippen molar-refractivity contribution in [3.8, 4) is 0 Å². The molecule has 2 nitrogen and oxygen atoms in total. The summed E-state index contributed by atoms with van der Waals surface area (Å²) in [5.41, 5.74) is 6.55. The first kappa shape index (κ1) is 12.6. The highest BCUT2D eigenvalue weighted by Crippen LogP contribution is 2.36. The van der Waals surface area contributed by atoms with E-state index in [0.717, 1.165) is 12.8 Å². The minimum absolute atomic E-state index is 0. The Balaban J connectivity index is 0.00000112. The molecule has 0 heterocycles. The minimum Gasteiger partial charge on any atom is -0.387 e. The van der Waals surface area contributed by atoms with Crippen LogP contribution in [0.25, 0.3) is 0 Å². The average molecular weight is 276 g/mol. The van der Waals surface area contributed by atoms with Crippen molar-refractivity contribution in [2.24, 2.45) is 11.7 Å². The largest absolute Gasteiger partial charge is 0.387 e. The molecule has 4 heteroatoms. The Labute approximate surface area is 99.1 Å². The molecule has 1 aliphatic carbocycles. The molecule has 15 heavy (non-hydrogen) atoms. The van der Waals surface area contributed by atoms with E-state index in [2.05, 4.69) is 0 Å². The zero-order valence-electron chi connectivity index (χ0n) is 8.27. The fourth-order valence-corrected chi connectivity index (χ4v) is 1.62. The first-order valence-corrected chi connectivity index (χ1v) is 4.87. The Bertz CT molecular complexity index is 313. The van der Waals surface area contributed by atoms with Crippen LogP contribution in [0, 0.1) is 11.7 Å². The quantitative estimate of drug-likeness (QED) is 0.888. The van der Waals surface area contributed by atoms with Crippen molar-refractivity contribution in [2.45, 2.75) is 25.0 Å². The third kappa shape index (κ3) is 3.00. The van der Waals surface area contributed by atoms with Gasteiger partial charge in [0.15, 0.2) is 0 Å². The number of halogens is 2. The van der Waals surface area contributed by atoms with Crippen molar-refractivity contribution >= 4 is 17.0 Å². The molecule has 1 aromatic rings. The highest BCUT2D eigenvalue weighted by molar-refractivity contribution is 8.93. The molecule has 0 spiro atoms. The van der Waals surface area contributed by atoms with Crippen LogP contribution in [0.1, 0.15) is 24.5 Å². The first-order chi connectivity index (χ1) is 6.68. The summed E-state index contributed by atoms with van der Waals surface area (Å²) in [6.07, 6.45) is 1.53. The van der Waals surface area contributed by atoms with Crippen molar-refractivity contribution in [2.75, 3.05) is 0 Å². The third-order valence-corrected chi connectivity index (χ3v) is 2.74. The number of hydrogen-bond donors (Lipinski definition) is 2. The highest BCUT2D eigenvalue weighted by Gasteiger charge is 2.33. The van der Waals surface area contributed by atoms with Gasteiger partial charge in [-0.1, -0.05) is 12.1 Å². The number of rotatable bonds is 3. The van der Waals surface area contributed by atoms with Crippen LogP contribution in [-0.4, -0.2) is 11.1 Å². The van der Waals surface area contributed by atoms with Crippen molar-refractivity contribution < 1.29 is 9.50 Å². The maximum atomic E-state index is 12.6. The molecule has 1 fully saturated rings. The van der Waals surface area contributed by atoms with E-state index >= 15 is 0 Å². The summed E-state index contributed by atoms with van der Waals surface area (Å²) in [6, 6.07) is 5.65. The number of aliphatic hydroxyl groups is 1. The van der Waals surface area contributed by atoms with Gasteiger partial charge in [-0.25, -0.2) is 4.39 Å². The van der Waals surface area contributed by atoms with Crippen LogP contribution in [0.4, 0.5) is 4.39 Å². The Morgan fingerprint density at radius 3 is 2.27 bits per heavy atom. The molecule has 2 rings (SSSR count). The molecular formula is C11H15BrFNO. The summed E-state index contributed by atoms with van der Waals surface area (Å²) in [4.78, 5) is 0. The summed E-state index contributed by atoms with van der Waals surface area (Å²) in [5, 5.41) is 9.84. The molecule has 1 aliphatic rings. The van der Waals surface area contributed by atoms with E-state index in [1.807, 2.05) is 0 Å². The standard InChI is InChI=1S/C11H14FNO.BrH/c12-9-5-3-8(4-6-9)11(14)10(13)7-1-2-7;/h3-7,10-11,14H,1-2,13H2;1H. The summed E-state index contributed by atoms with van der Waals surface area (Å²) in [5.74, 6) is 0.149. The monoisotopic (exact) mass is 275 g/mol. The molecule has 0 radical (unpaired) electrons. The van der Waals surface area contributed by atoms with Crippen LogP contribution < -0.4 is 5.73 Å². The van der Waals surface area contributed by atoms with Crippen LogP contribution >= 0.6 is 17.0 Å². The lowest BCUT2D eigenvalue weighted by molar-refractivity contribution is 0.137. The van der Waals surface area contributed by atoms with Gasteiger partial charge in [0.05, 0.1) is 6.10 Å². The SMILES string of the molecule is Br.NC(C1CC1)C(O)c1ccc(F)cc1. The number of hydrogen-bond acceptors (Lipinski definition) is 2. The van der Waals surface area contributed by atoms with Gasteiger partial charge in [0.2, 0.25) is 0 Å². The number of nitrogens with two attached hydrogens (primary N) is 1. The Morgan fingerprint density at radius 1 is 1.27 bits per heavy atom. The molecule has 0 aliphatic heterocycles. The molecular weight excluding hydrogens is 261 g/mol. The second-order valence-electron chi connectivity index (χ2n) is 3.91. The van der Waals surface area contributed by atoms with E-state index in [1.165, 1.54) is 12.1 Å². The second-order valence-corrected chi connectivity index (χ2v) is 3.91. The lowest BCUT2D eigenvalue weighted by Gasteiger charge is -2.18. The number of benzene rings is 1. The molecule has 3 N–H and O–H groups in total. The smallest absolute Gasteiger partial charge is 0.123 e. The van der Waals surface area contributed by atoms with Crippen LogP contribution in [0.15, 0.2) is 24.3 Å². The fourth-order valence-electron chi connectivity index (χ4n) is 1.62. The number of aliphatic hydroxyl groups excluding tert-OH is 1. The van der Waals surface area contributed by atoms with Crippen molar-refractivity contribution in [1.29, 1.82) is 0 Å². The van der Waals surface area contributed by atoms with Crippen LogP contribution in [0.3, 0.4) is 0 Å². The van der Waals surface area contributed by atoms with Crippen LogP contribution in [0.5, 0.6) is 0 Å². The summed E-state index contributed by atoms with van der Waals surface area (Å²) in [7, 11) is 0. The predicted octanol–water partition coefficient (Wildman–Crippen LogP) is 2.17. The van der Waals surface area contributed by atoms with Gasteiger partial charge in [-0.05, 0) is 36.5 Å². The van der Waals surface area contributed by atoms with E-state index in [9.17, 15) is 9.50 Å². The van der Waals surface area contributed by atoms with E-state index in [1.54, 1.807) is 12.1 Å². The molecule has 0 amide bonds. The van der Waals surface area contributed by atoms with E-state index < -0.39 is 6.10 Å². The Morgan fingerprint density at radius 2 is 1.80 bits per heavy atom. The van der Waals surface area contributed by atoms with Crippen LogP contribution in [-0.2, 0) is 0 Å². The van der Waals surface area contributed by atoms with Gasteiger partial charge in [0.1, 0.15) is 5.82 Å². The van der Waals surface area contributed by atoms with E-state index in [-0.39, 0.29) is 28.8 Å². The second kappa shape index (κ2) is 5.05. The molecule has 0 bridgehead atoms. The lowest BCUT2D eigenvalue weighted by atomic mass is 9.99. The molecule has 2 unspecified atom stereocenters.